The van der Waals surface area contributed by atoms with Crippen LogP contribution in [0.2, 0.25) is 0 Å². The Kier molecular flexibility index (Phi) is 6.29. The lowest BCUT2D eigenvalue weighted by Gasteiger charge is -2.32. The lowest BCUT2D eigenvalue weighted by atomic mass is 9.94. The first-order chi connectivity index (χ1) is 12.0. The van der Waals surface area contributed by atoms with Crippen molar-refractivity contribution in [1.29, 1.82) is 5.26 Å². The fraction of sp³-hybridized carbons (Fsp3) is 0.333. The van der Waals surface area contributed by atoms with Crippen molar-refractivity contribution in [3.63, 3.8) is 0 Å². The van der Waals surface area contributed by atoms with Gasteiger partial charge in [0.2, 0.25) is 5.91 Å². The molecule has 0 unspecified atom stereocenters. The Balaban J connectivity index is 1.98. The second-order valence-corrected chi connectivity index (χ2v) is 5.51. The molecule has 1 heterocycles. The van der Waals surface area contributed by atoms with Crippen molar-refractivity contribution >= 4 is 23.9 Å². The summed E-state index contributed by atoms with van der Waals surface area (Å²) in [5.41, 5.74) is 1.79. The lowest BCUT2D eigenvalue weighted by Crippen LogP contribution is -2.34. The summed E-state index contributed by atoms with van der Waals surface area (Å²) in [5, 5.41) is 10.9. The number of nitriles is 1. The Labute approximate surface area is 145 Å². The molecule has 0 spiro atoms. The summed E-state index contributed by atoms with van der Waals surface area (Å²) in [4.78, 5) is 36.9. The molecule has 0 bridgehead atoms. The Morgan fingerprint density at radius 3 is 2.80 bits per heavy atom. The Hall–Kier alpha value is -3.14. The summed E-state index contributed by atoms with van der Waals surface area (Å²) in [5.74, 6) is -1.22. The SMILES string of the molecule is CC(=O)N1C=Cc2ccccc2[C@H]1CC(=O)OCC(=O)NCCC#N. The highest BCUT2D eigenvalue weighted by molar-refractivity contribution is 5.82. The number of hydrogen-bond acceptors (Lipinski definition) is 5. The predicted molar refractivity (Wildman–Crippen MR) is 89.6 cm³/mol. The number of nitrogens with one attached hydrogen (secondary N) is 1. The molecule has 130 valence electrons. The molecule has 2 amide bonds. The minimum atomic E-state index is -0.572. The van der Waals surface area contributed by atoms with Gasteiger partial charge in [-0.05, 0) is 17.2 Å². The van der Waals surface area contributed by atoms with E-state index in [1.807, 2.05) is 36.4 Å². The van der Waals surface area contributed by atoms with Gasteiger partial charge < -0.3 is 15.0 Å². The highest BCUT2D eigenvalue weighted by Crippen LogP contribution is 2.32. The van der Waals surface area contributed by atoms with Crippen molar-refractivity contribution in [3.05, 3.63) is 41.6 Å². The summed E-state index contributed by atoms with van der Waals surface area (Å²) in [6.07, 6.45) is 3.61. The van der Waals surface area contributed by atoms with Crippen LogP contribution < -0.4 is 5.32 Å². The van der Waals surface area contributed by atoms with Gasteiger partial charge in [-0.1, -0.05) is 24.3 Å². The van der Waals surface area contributed by atoms with E-state index in [1.165, 1.54) is 11.8 Å². The maximum Gasteiger partial charge on any atom is 0.308 e. The Morgan fingerprint density at radius 1 is 1.32 bits per heavy atom. The maximum absolute atomic E-state index is 12.1. The monoisotopic (exact) mass is 341 g/mol. The fourth-order valence-electron chi connectivity index (χ4n) is 2.58. The standard InChI is InChI=1S/C18H19N3O4/c1-13(22)21-10-7-14-5-2-3-6-15(14)16(21)11-18(24)25-12-17(23)20-9-4-8-19/h2-3,5-7,10,16H,4,9,11-12H2,1H3,(H,20,23)/t16-/m1/s1. The predicted octanol–water partition coefficient (Wildman–Crippen LogP) is 1.52. The Bertz CT molecular complexity index is 736. The van der Waals surface area contributed by atoms with Gasteiger partial charge in [0.05, 0.1) is 25.0 Å². The zero-order chi connectivity index (χ0) is 18.2. The van der Waals surface area contributed by atoms with Crippen LogP contribution >= 0.6 is 0 Å². The van der Waals surface area contributed by atoms with Crippen molar-refractivity contribution < 1.29 is 19.1 Å². The van der Waals surface area contributed by atoms with E-state index >= 15 is 0 Å². The second-order valence-electron chi connectivity index (χ2n) is 5.51. The molecule has 0 radical (unpaired) electrons. The van der Waals surface area contributed by atoms with Crippen LogP contribution in [-0.2, 0) is 19.1 Å². The van der Waals surface area contributed by atoms with Crippen LogP contribution in [0.5, 0.6) is 0 Å². The minimum Gasteiger partial charge on any atom is -0.456 e. The van der Waals surface area contributed by atoms with E-state index in [0.29, 0.717) is 0 Å². The van der Waals surface area contributed by atoms with Gasteiger partial charge in [0.25, 0.3) is 5.91 Å². The minimum absolute atomic E-state index is 0.0492. The third kappa shape index (κ3) is 4.91. The number of esters is 1. The van der Waals surface area contributed by atoms with E-state index in [1.54, 1.807) is 6.20 Å². The molecule has 7 heteroatoms. The number of rotatable bonds is 6. The maximum atomic E-state index is 12.1. The van der Waals surface area contributed by atoms with Gasteiger partial charge in [-0.2, -0.15) is 5.26 Å². The first-order valence-electron chi connectivity index (χ1n) is 7.88. The zero-order valence-corrected chi connectivity index (χ0v) is 13.9. The smallest absolute Gasteiger partial charge is 0.308 e. The van der Waals surface area contributed by atoms with Gasteiger partial charge in [-0.25, -0.2) is 0 Å². The molecular formula is C18H19N3O4. The Morgan fingerprint density at radius 2 is 2.08 bits per heavy atom. The normalized spacial score (nSPS) is 15.0. The average molecular weight is 341 g/mol. The van der Waals surface area contributed by atoms with Crippen LogP contribution in [0.25, 0.3) is 6.08 Å². The van der Waals surface area contributed by atoms with Crippen molar-refractivity contribution in [2.24, 2.45) is 0 Å². The molecule has 0 fully saturated rings. The molecule has 1 aromatic rings. The van der Waals surface area contributed by atoms with Crippen molar-refractivity contribution in [1.82, 2.24) is 10.2 Å². The summed E-state index contributed by atoms with van der Waals surface area (Å²) in [6.45, 7) is 1.24. The first kappa shape index (κ1) is 18.2. The molecule has 0 saturated carbocycles. The molecule has 7 nitrogen and oxygen atoms in total. The van der Waals surface area contributed by atoms with Gasteiger partial charge in [0.1, 0.15) is 0 Å². The largest absolute Gasteiger partial charge is 0.456 e. The highest BCUT2D eigenvalue weighted by Gasteiger charge is 2.28. The van der Waals surface area contributed by atoms with Crippen molar-refractivity contribution in [2.45, 2.75) is 25.8 Å². The van der Waals surface area contributed by atoms with Crippen LogP contribution in [0.1, 0.15) is 36.9 Å². The number of carbonyl (C=O) groups excluding carboxylic acids is 3. The quantitative estimate of drug-likeness (QED) is 0.625. The van der Waals surface area contributed by atoms with Crippen LogP contribution in [-0.4, -0.2) is 35.8 Å². The third-order valence-electron chi connectivity index (χ3n) is 3.75. The number of fused-ring (bicyclic) bond motifs is 1. The van der Waals surface area contributed by atoms with E-state index in [9.17, 15) is 14.4 Å². The molecule has 1 aromatic carbocycles. The van der Waals surface area contributed by atoms with Gasteiger partial charge in [-0.15, -0.1) is 0 Å². The molecule has 1 aliphatic rings. The summed E-state index contributed by atoms with van der Waals surface area (Å²) in [7, 11) is 0. The number of ether oxygens (including phenoxy) is 1. The van der Waals surface area contributed by atoms with Crippen molar-refractivity contribution in [2.75, 3.05) is 13.2 Å². The molecule has 0 aliphatic carbocycles. The molecule has 2 rings (SSSR count). The first-order valence-corrected chi connectivity index (χ1v) is 7.88. The second kappa shape index (κ2) is 8.64. The lowest BCUT2D eigenvalue weighted by molar-refractivity contribution is -0.150. The molecule has 1 atom stereocenters. The molecule has 0 saturated heterocycles. The van der Waals surface area contributed by atoms with E-state index in [4.69, 9.17) is 10.00 Å². The van der Waals surface area contributed by atoms with Crippen LogP contribution in [0.4, 0.5) is 0 Å². The number of amides is 2. The highest BCUT2D eigenvalue weighted by atomic mass is 16.5. The van der Waals surface area contributed by atoms with Crippen LogP contribution in [0, 0.1) is 11.3 Å². The molecular weight excluding hydrogens is 322 g/mol. The summed E-state index contributed by atoms with van der Waals surface area (Å²) < 4.78 is 4.98. The van der Waals surface area contributed by atoms with Crippen molar-refractivity contribution in [3.8, 4) is 6.07 Å². The van der Waals surface area contributed by atoms with E-state index in [-0.39, 0.29) is 25.3 Å². The molecule has 25 heavy (non-hydrogen) atoms. The average Bonchev–Trinajstić information content (AvgIpc) is 2.60. The zero-order valence-electron chi connectivity index (χ0n) is 13.9. The topological polar surface area (TPSA) is 99.5 Å². The van der Waals surface area contributed by atoms with Gasteiger partial charge in [-0.3, -0.25) is 14.4 Å². The van der Waals surface area contributed by atoms with E-state index < -0.39 is 24.5 Å². The van der Waals surface area contributed by atoms with Gasteiger partial charge in [0.15, 0.2) is 6.61 Å². The summed E-state index contributed by atoms with van der Waals surface area (Å²) >= 11 is 0. The fourth-order valence-corrected chi connectivity index (χ4v) is 2.58. The summed E-state index contributed by atoms with van der Waals surface area (Å²) in [6, 6.07) is 8.93. The number of carbonyl (C=O) groups is 3. The molecule has 1 aliphatic heterocycles. The van der Waals surface area contributed by atoms with Gasteiger partial charge >= 0.3 is 5.97 Å². The van der Waals surface area contributed by atoms with E-state index in [2.05, 4.69) is 5.32 Å². The number of hydrogen-bond donors (Lipinski definition) is 1. The molecule has 1 N–H and O–H groups in total. The number of nitrogens with zero attached hydrogens (tertiary/aromatic N) is 2. The van der Waals surface area contributed by atoms with Crippen LogP contribution in [0.3, 0.4) is 0 Å². The number of benzene rings is 1. The molecule has 0 aromatic heterocycles. The van der Waals surface area contributed by atoms with E-state index in [0.717, 1.165) is 11.1 Å². The third-order valence-corrected chi connectivity index (χ3v) is 3.75. The van der Waals surface area contributed by atoms with Crippen LogP contribution in [0.15, 0.2) is 30.5 Å². The van der Waals surface area contributed by atoms with Gasteiger partial charge in [0, 0.05) is 19.7 Å².